The molecule has 3 aromatic rings. The molecule has 134 valence electrons. The molecule has 2 aromatic heterocycles. The number of nitrogens with one attached hydrogen (secondary N) is 1. The Hall–Kier alpha value is -3.01. The number of nitrogens with zero attached hydrogens (tertiary/aromatic N) is 3. The van der Waals surface area contributed by atoms with Gasteiger partial charge in [0.2, 0.25) is 11.8 Å². The number of thioether (sulfide) groups is 1. The molecule has 0 saturated carbocycles. The van der Waals surface area contributed by atoms with Crippen molar-refractivity contribution in [2.75, 3.05) is 11.1 Å². The second-order valence-corrected chi connectivity index (χ2v) is 5.75. The van der Waals surface area contributed by atoms with Crippen molar-refractivity contribution in [3.63, 3.8) is 0 Å². The number of amides is 1. The highest BCUT2D eigenvalue weighted by atomic mass is 32.2. The Labute approximate surface area is 150 Å². The van der Waals surface area contributed by atoms with Crippen LogP contribution in [0, 0.1) is 0 Å². The number of ether oxygens (including phenoxy) is 1. The second kappa shape index (κ2) is 8.39. The van der Waals surface area contributed by atoms with Crippen LogP contribution in [-0.4, -0.2) is 33.5 Å². The standard InChI is InChI=1S/C16H12F2N4O3S/c17-15(18)24-12-4-2-1-3-11(12)20-13(23)9-26-16-22-21-14(25-16)10-5-7-19-8-6-10/h1-8,15H,9H2,(H,20,23). The number of hydrogen-bond donors (Lipinski definition) is 1. The van der Waals surface area contributed by atoms with Gasteiger partial charge in [0, 0.05) is 18.0 Å². The molecule has 0 fully saturated rings. The van der Waals surface area contributed by atoms with Gasteiger partial charge in [-0.25, -0.2) is 0 Å². The van der Waals surface area contributed by atoms with Crippen LogP contribution in [0.25, 0.3) is 11.5 Å². The number of pyridine rings is 1. The maximum absolute atomic E-state index is 12.4. The normalized spacial score (nSPS) is 10.7. The lowest BCUT2D eigenvalue weighted by Gasteiger charge is -2.11. The Morgan fingerprint density at radius 1 is 1.19 bits per heavy atom. The SMILES string of the molecule is O=C(CSc1nnc(-c2ccncc2)o1)Nc1ccccc1OC(F)F. The molecule has 0 atom stereocenters. The molecule has 0 saturated heterocycles. The number of halogens is 2. The maximum Gasteiger partial charge on any atom is 0.387 e. The van der Waals surface area contributed by atoms with E-state index >= 15 is 0 Å². The molecule has 1 amide bonds. The van der Waals surface area contributed by atoms with Gasteiger partial charge in [-0.15, -0.1) is 10.2 Å². The van der Waals surface area contributed by atoms with Crippen LogP contribution >= 0.6 is 11.8 Å². The van der Waals surface area contributed by atoms with E-state index in [-0.39, 0.29) is 22.4 Å². The summed E-state index contributed by atoms with van der Waals surface area (Å²) in [6, 6.07) is 9.37. The first-order valence-electron chi connectivity index (χ1n) is 7.32. The number of benzene rings is 1. The van der Waals surface area contributed by atoms with Gasteiger partial charge in [0.25, 0.3) is 5.22 Å². The van der Waals surface area contributed by atoms with E-state index in [1.54, 1.807) is 30.6 Å². The largest absolute Gasteiger partial charge is 0.433 e. The van der Waals surface area contributed by atoms with Gasteiger partial charge in [-0.1, -0.05) is 23.9 Å². The zero-order valence-electron chi connectivity index (χ0n) is 13.1. The first kappa shape index (κ1) is 17.8. The van der Waals surface area contributed by atoms with Crippen LogP contribution in [0.4, 0.5) is 14.5 Å². The van der Waals surface area contributed by atoms with Crippen LogP contribution < -0.4 is 10.1 Å². The highest BCUT2D eigenvalue weighted by Crippen LogP contribution is 2.26. The van der Waals surface area contributed by atoms with Crippen molar-refractivity contribution in [1.82, 2.24) is 15.2 Å². The van der Waals surface area contributed by atoms with Crippen LogP contribution in [-0.2, 0) is 4.79 Å². The number of para-hydroxylation sites is 2. The summed E-state index contributed by atoms with van der Waals surface area (Å²) in [4.78, 5) is 15.9. The Morgan fingerprint density at radius 2 is 1.96 bits per heavy atom. The monoisotopic (exact) mass is 378 g/mol. The fourth-order valence-corrected chi connectivity index (χ4v) is 2.52. The number of hydrogen-bond acceptors (Lipinski definition) is 7. The van der Waals surface area contributed by atoms with E-state index in [1.807, 2.05) is 0 Å². The van der Waals surface area contributed by atoms with Crippen LogP contribution in [0.3, 0.4) is 0 Å². The predicted octanol–water partition coefficient (Wildman–Crippen LogP) is 3.46. The molecule has 0 bridgehead atoms. The molecule has 0 aliphatic heterocycles. The number of alkyl halides is 2. The third-order valence-corrected chi connectivity index (χ3v) is 3.86. The summed E-state index contributed by atoms with van der Waals surface area (Å²) in [5.74, 6) is -0.269. The maximum atomic E-state index is 12.4. The molecule has 0 aliphatic carbocycles. The van der Waals surface area contributed by atoms with Gasteiger partial charge in [0.05, 0.1) is 11.4 Å². The van der Waals surface area contributed by atoms with Crippen LogP contribution in [0.15, 0.2) is 58.4 Å². The van der Waals surface area contributed by atoms with Crippen molar-refractivity contribution < 1.29 is 22.7 Å². The third-order valence-electron chi connectivity index (χ3n) is 3.04. The molecule has 0 aliphatic rings. The lowest BCUT2D eigenvalue weighted by atomic mass is 10.3. The molecule has 0 spiro atoms. The molecule has 1 aromatic carbocycles. The van der Waals surface area contributed by atoms with Crippen LogP contribution in [0.1, 0.15) is 0 Å². The Morgan fingerprint density at radius 3 is 2.73 bits per heavy atom. The Balaban J connectivity index is 1.58. The minimum Gasteiger partial charge on any atom is -0.433 e. The lowest BCUT2D eigenvalue weighted by molar-refractivity contribution is -0.113. The second-order valence-electron chi connectivity index (χ2n) is 4.82. The van der Waals surface area contributed by atoms with E-state index in [9.17, 15) is 13.6 Å². The molecule has 10 heteroatoms. The van der Waals surface area contributed by atoms with E-state index < -0.39 is 12.5 Å². The van der Waals surface area contributed by atoms with E-state index in [2.05, 4.69) is 25.2 Å². The fourth-order valence-electron chi connectivity index (χ4n) is 1.96. The summed E-state index contributed by atoms with van der Waals surface area (Å²) in [5.41, 5.74) is 0.864. The number of carbonyl (C=O) groups is 1. The minimum atomic E-state index is -2.98. The van der Waals surface area contributed by atoms with Crippen molar-refractivity contribution in [3.8, 4) is 17.2 Å². The Bertz CT molecular complexity index is 877. The van der Waals surface area contributed by atoms with Gasteiger partial charge in [0.1, 0.15) is 5.75 Å². The van der Waals surface area contributed by atoms with Gasteiger partial charge < -0.3 is 14.5 Å². The Kier molecular flexibility index (Phi) is 5.74. The first-order valence-corrected chi connectivity index (χ1v) is 8.31. The molecule has 0 radical (unpaired) electrons. The van der Waals surface area contributed by atoms with Gasteiger partial charge >= 0.3 is 6.61 Å². The number of carbonyl (C=O) groups excluding carboxylic acids is 1. The quantitative estimate of drug-likeness (QED) is 0.630. The fraction of sp³-hybridized carbons (Fsp3) is 0.125. The van der Waals surface area contributed by atoms with E-state index in [1.165, 1.54) is 18.2 Å². The number of aromatic nitrogens is 3. The van der Waals surface area contributed by atoms with Crippen molar-refractivity contribution >= 4 is 23.4 Å². The summed E-state index contributed by atoms with van der Waals surface area (Å²) in [5, 5.41) is 10.5. The number of anilines is 1. The summed E-state index contributed by atoms with van der Waals surface area (Å²) < 4.78 is 34.6. The predicted molar refractivity (Wildman–Crippen MR) is 90.0 cm³/mol. The summed E-state index contributed by atoms with van der Waals surface area (Å²) in [7, 11) is 0. The van der Waals surface area contributed by atoms with Gasteiger partial charge in [0.15, 0.2) is 0 Å². The highest BCUT2D eigenvalue weighted by Gasteiger charge is 2.14. The van der Waals surface area contributed by atoms with Gasteiger partial charge in [-0.05, 0) is 24.3 Å². The van der Waals surface area contributed by atoms with Gasteiger partial charge in [-0.2, -0.15) is 8.78 Å². The highest BCUT2D eigenvalue weighted by molar-refractivity contribution is 7.99. The average Bonchev–Trinajstić information content (AvgIpc) is 3.11. The van der Waals surface area contributed by atoms with E-state index in [0.29, 0.717) is 11.5 Å². The van der Waals surface area contributed by atoms with Crippen molar-refractivity contribution in [2.45, 2.75) is 11.8 Å². The topological polar surface area (TPSA) is 90.1 Å². The van der Waals surface area contributed by atoms with Crippen molar-refractivity contribution in [1.29, 1.82) is 0 Å². The van der Waals surface area contributed by atoms with Crippen LogP contribution in [0.2, 0.25) is 0 Å². The average molecular weight is 378 g/mol. The molecule has 2 heterocycles. The first-order chi connectivity index (χ1) is 12.6. The van der Waals surface area contributed by atoms with Crippen LogP contribution in [0.5, 0.6) is 5.75 Å². The van der Waals surface area contributed by atoms with Gasteiger partial charge in [-0.3, -0.25) is 9.78 Å². The van der Waals surface area contributed by atoms with Crippen molar-refractivity contribution in [3.05, 3.63) is 48.8 Å². The molecule has 0 unspecified atom stereocenters. The van der Waals surface area contributed by atoms with Crippen molar-refractivity contribution in [2.24, 2.45) is 0 Å². The zero-order chi connectivity index (χ0) is 18.4. The molecule has 1 N–H and O–H groups in total. The van der Waals surface area contributed by atoms with E-state index in [0.717, 1.165) is 11.8 Å². The molecular formula is C16H12F2N4O3S. The minimum absolute atomic E-state index is 0.0407. The summed E-state index contributed by atoms with van der Waals surface area (Å²) >= 11 is 1.03. The molecular weight excluding hydrogens is 366 g/mol. The van der Waals surface area contributed by atoms with E-state index in [4.69, 9.17) is 4.42 Å². The lowest BCUT2D eigenvalue weighted by Crippen LogP contribution is -2.15. The molecule has 3 rings (SSSR count). The number of rotatable bonds is 7. The molecule has 26 heavy (non-hydrogen) atoms. The molecule has 7 nitrogen and oxygen atoms in total. The summed E-state index contributed by atoms with van der Waals surface area (Å²) in [6.45, 7) is -2.98. The third kappa shape index (κ3) is 4.76. The zero-order valence-corrected chi connectivity index (χ0v) is 14.0. The summed E-state index contributed by atoms with van der Waals surface area (Å²) in [6.07, 6.45) is 3.19. The smallest absolute Gasteiger partial charge is 0.387 e.